The summed E-state index contributed by atoms with van der Waals surface area (Å²) in [6.45, 7) is 0. The van der Waals surface area contributed by atoms with Gasteiger partial charge < -0.3 is 5.11 Å². The molecule has 0 atom stereocenters. The van der Waals surface area contributed by atoms with Crippen molar-refractivity contribution in [2.75, 3.05) is 0 Å². The number of aromatic hydroxyl groups is 1. The van der Waals surface area contributed by atoms with E-state index in [0.717, 1.165) is 5.56 Å². The van der Waals surface area contributed by atoms with Crippen LogP contribution in [0.15, 0.2) is 48.8 Å². The van der Waals surface area contributed by atoms with E-state index < -0.39 is 0 Å². The average Bonchev–Trinajstić information content (AvgIpc) is 2.85. The molecule has 0 amide bonds. The van der Waals surface area contributed by atoms with Gasteiger partial charge in [0.05, 0.1) is 21.4 Å². The molecule has 2 aromatic heterocycles. The monoisotopic (exact) mass is 305 g/mol. The summed E-state index contributed by atoms with van der Waals surface area (Å²) < 4.78 is 1.39. The quantitative estimate of drug-likeness (QED) is 0.780. The van der Waals surface area contributed by atoms with E-state index in [1.54, 1.807) is 36.7 Å². The Bertz CT molecular complexity index is 756. The second kappa shape index (κ2) is 5.15. The second-order valence-corrected chi connectivity index (χ2v) is 4.95. The van der Waals surface area contributed by atoms with E-state index in [-0.39, 0.29) is 5.88 Å². The summed E-state index contributed by atoms with van der Waals surface area (Å²) >= 11 is 11.9. The van der Waals surface area contributed by atoms with Crippen molar-refractivity contribution in [1.29, 1.82) is 0 Å². The number of nitrogens with zero attached hydrogens (tertiary/aromatic N) is 3. The van der Waals surface area contributed by atoms with Crippen LogP contribution in [0, 0.1) is 0 Å². The number of aromatic nitrogens is 3. The van der Waals surface area contributed by atoms with Crippen molar-refractivity contribution in [2.45, 2.75) is 0 Å². The van der Waals surface area contributed by atoms with Crippen molar-refractivity contribution in [3.63, 3.8) is 0 Å². The predicted octanol–water partition coefficient (Wildman–Crippen LogP) is 3.95. The highest BCUT2D eigenvalue weighted by Gasteiger charge is 2.11. The fraction of sp³-hybridized carbons (Fsp3) is 0. The molecule has 20 heavy (non-hydrogen) atoms. The molecule has 100 valence electrons. The van der Waals surface area contributed by atoms with E-state index in [1.165, 1.54) is 4.68 Å². The zero-order chi connectivity index (χ0) is 14.1. The van der Waals surface area contributed by atoms with Crippen molar-refractivity contribution in [3.05, 3.63) is 58.8 Å². The summed E-state index contributed by atoms with van der Waals surface area (Å²) in [6.07, 6.45) is 3.36. The van der Waals surface area contributed by atoms with Gasteiger partial charge in [0.2, 0.25) is 5.88 Å². The third-order valence-electron chi connectivity index (χ3n) is 2.80. The van der Waals surface area contributed by atoms with Gasteiger partial charge in [-0.1, -0.05) is 23.2 Å². The summed E-state index contributed by atoms with van der Waals surface area (Å²) in [6, 6.07) is 10.3. The first kappa shape index (κ1) is 13.0. The topological polar surface area (TPSA) is 50.9 Å². The Hall–Kier alpha value is -2.04. The number of halogens is 2. The highest BCUT2D eigenvalue weighted by Crippen LogP contribution is 2.28. The molecule has 0 saturated carbocycles. The molecule has 2 heterocycles. The highest BCUT2D eigenvalue weighted by molar-refractivity contribution is 6.42. The van der Waals surface area contributed by atoms with E-state index in [4.69, 9.17) is 23.2 Å². The van der Waals surface area contributed by atoms with E-state index in [0.29, 0.717) is 21.4 Å². The molecular formula is C14H9Cl2N3O. The lowest BCUT2D eigenvalue weighted by molar-refractivity contribution is 0.433. The lowest BCUT2D eigenvalue weighted by Gasteiger charge is -2.04. The summed E-state index contributed by atoms with van der Waals surface area (Å²) in [7, 11) is 0. The molecule has 0 aliphatic rings. The maximum absolute atomic E-state index is 10.0. The molecule has 0 fully saturated rings. The number of pyridine rings is 1. The molecule has 0 aliphatic heterocycles. The minimum absolute atomic E-state index is 0.0160. The van der Waals surface area contributed by atoms with Crippen molar-refractivity contribution in [2.24, 2.45) is 0 Å². The van der Waals surface area contributed by atoms with Crippen molar-refractivity contribution in [1.82, 2.24) is 14.8 Å². The molecule has 0 saturated heterocycles. The first-order valence-electron chi connectivity index (χ1n) is 5.80. The van der Waals surface area contributed by atoms with Gasteiger partial charge in [-0.05, 0) is 30.3 Å². The van der Waals surface area contributed by atoms with E-state index in [2.05, 4.69) is 10.1 Å². The van der Waals surface area contributed by atoms with Gasteiger partial charge in [0.15, 0.2) is 0 Å². The summed E-state index contributed by atoms with van der Waals surface area (Å²) in [4.78, 5) is 4.03. The molecule has 0 radical (unpaired) electrons. The van der Waals surface area contributed by atoms with E-state index in [9.17, 15) is 5.11 Å². The normalized spacial score (nSPS) is 10.7. The Kier molecular flexibility index (Phi) is 3.34. The first-order chi connectivity index (χ1) is 9.65. The van der Waals surface area contributed by atoms with Crippen LogP contribution < -0.4 is 0 Å². The standard InChI is InChI=1S/C14H9Cl2N3O/c15-11-4-3-10(6-12(11)16)19-14(20)7-13(18-19)9-2-1-5-17-8-9/h1-8,20H. The second-order valence-electron chi connectivity index (χ2n) is 4.14. The van der Waals surface area contributed by atoms with Crippen LogP contribution in [0.1, 0.15) is 0 Å². The number of hydrogen-bond donors (Lipinski definition) is 1. The molecular weight excluding hydrogens is 297 g/mol. The average molecular weight is 306 g/mol. The number of rotatable bonds is 2. The molecule has 3 aromatic rings. The van der Waals surface area contributed by atoms with Gasteiger partial charge in [-0.2, -0.15) is 5.10 Å². The van der Waals surface area contributed by atoms with Crippen LogP contribution in [0.25, 0.3) is 16.9 Å². The van der Waals surface area contributed by atoms with Gasteiger partial charge >= 0.3 is 0 Å². The first-order valence-corrected chi connectivity index (χ1v) is 6.55. The smallest absolute Gasteiger partial charge is 0.214 e. The number of hydrogen-bond acceptors (Lipinski definition) is 3. The fourth-order valence-corrected chi connectivity index (χ4v) is 2.13. The van der Waals surface area contributed by atoms with Gasteiger partial charge in [0, 0.05) is 24.0 Å². The van der Waals surface area contributed by atoms with Crippen LogP contribution >= 0.6 is 23.2 Å². The lowest BCUT2D eigenvalue weighted by atomic mass is 10.2. The minimum Gasteiger partial charge on any atom is -0.493 e. The zero-order valence-corrected chi connectivity index (χ0v) is 11.7. The van der Waals surface area contributed by atoms with Gasteiger partial charge in [-0.25, -0.2) is 4.68 Å². The molecule has 6 heteroatoms. The maximum atomic E-state index is 10.0. The Morgan fingerprint density at radius 1 is 1.05 bits per heavy atom. The molecule has 0 bridgehead atoms. The van der Waals surface area contributed by atoms with Crippen LogP contribution in [0.2, 0.25) is 10.0 Å². The predicted molar refractivity (Wildman–Crippen MR) is 78.5 cm³/mol. The molecule has 3 rings (SSSR count). The summed E-state index contributed by atoms with van der Waals surface area (Å²) in [5.41, 5.74) is 2.08. The lowest BCUT2D eigenvalue weighted by Crippen LogP contribution is -1.96. The maximum Gasteiger partial charge on any atom is 0.214 e. The molecule has 0 unspecified atom stereocenters. The van der Waals surface area contributed by atoms with Gasteiger partial charge in [0.1, 0.15) is 0 Å². The SMILES string of the molecule is Oc1cc(-c2cccnc2)nn1-c1ccc(Cl)c(Cl)c1. The Labute approximate surface area is 125 Å². The third kappa shape index (κ3) is 2.35. The minimum atomic E-state index is 0.0160. The van der Waals surface area contributed by atoms with Crippen LogP contribution in [0.4, 0.5) is 0 Å². The number of benzene rings is 1. The zero-order valence-electron chi connectivity index (χ0n) is 10.2. The van der Waals surface area contributed by atoms with Gasteiger partial charge in [0.25, 0.3) is 0 Å². The highest BCUT2D eigenvalue weighted by atomic mass is 35.5. The molecule has 4 nitrogen and oxygen atoms in total. The summed E-state index contributed by atoms with van der Waals surface area (Å²) in [5.74, 6) is 0.0160. The Morgan fingerprint density at radius 3 is 2.60 bits per heavy atom. The molecule has 1 aromatic carbocycles. The van der Waals surface area contributed by atoms with Crippen molar-refractivity contribution in [3.8, 4) is 22.8 Å². The Balaban J connectivity index is 2.07. The largest absolute Gasteiger partial charge is 0.493 e. The van der Waals surface area contributed by atoms with Crippen LogP contribution in [0.3, 0.4) is 0 Å². The van der Waals surface area contributed by atoms with Gasteiger partial charge in [-0.15, -0.1) is 0 Å². The third-order valence-corrected chi connectivity index (χ3v) is 3.53. The fourth-order valence-electron chi connectivity index (χ4n) is 1.83. The van der Waals surface area contributed by atoms with Gasteiger partial charge in [-0.3, -0.25) is 4.98 Å². The van der Waals surface area contributed by atoms with Crippen molar-refractivity contribution < 1.29 is 5.11 Å². The Morgan fingerprint density at radius 2 is 1.90 bits per heavy atom. The molecule has 0 aliphatic carbocycles. The van der Waals surface area contributed by atoms with E-state index >= 15 is 0 Å². The van der Waals surface area contributed by atoms with E-state index in [1.807, 2.05) is 12.1 Å². The molecule has 0 spiro atoms. The summed E-state index contributed by atoms with van der Waals surface area (Å²) in [5, 5.41) is 15.2. The van der Waals surface area contributed by atoms with Crippen molar-refractivity contribution >= 4 is 23.2 Å². The van der Waals surface area contributed by atoms with Crippen LogP contribution in [-0.2, 0) is 0 Å². The van der Waals surface area contributed by atoms with Crippen LogP contribution in [-0.4, -0.2) is 19.9 Å². The van der Waals surface area contributed by atoms with Crippen LogP contribution in [0.5, 0.6) is 5.88 Å². The molecule has 1 N–H and O–H groups in total.